The second kappa shape index (κ2) is 4.92. The molecule has 0 saturated carbocycles. The molecule has 0 radical (unpaired) electrons. The van der Waals surface area contributed by atoms with Crippen molar-refractivity contribution in [3.05, 3.63) is 40.8 Å². The van der Waals surface area contributed by atoms with E-state index in [9.17, 15) is 4.79 Å². The van der Waals surface area contributed by atoms with Crippen molar-refractivity contribution in [2.75, 3.05) is 12.8 Å². The van der Waals surface area contributed by atoms with E-state index >= 15 is 0 Å². The number of aromatic nitrogens is 2. The Morgan fingerprint density at radius 3 is 2.88 bits per heavy atom. The highest BCUT2D eigenvalue weighted by Crippen LogP contribution is 2.31. The van der Waals surface area contributed by atoms with Crippen molar-refractivity contribution in [3.63, 3.8) is 0 Å². The van der Waals surface area contributed by atoms with Crippen molar-refractivity contribution in [1.82, 2.24) is 9.97 Å². The van der Waals surface area contributed by atoms with Crippen LogP contribution < -0.4 is 16.0 Å². The number of nitrogens with two attached hydrogens (primary N) is 1. The van der Waals surface area contributed by atoms with E-state index in [1.807, 2.05) is 6.07 Å². The summed E-state index contributed by atoms with van der Waals surface area (Å²) in [5.41, 5.74) is 6.26. The van der Waals surface area contributed by atoms with Crippen molar-refractivity contribution < 1.29 is 4.74 Å². The second-order valence-corrected chi connectivity index (χ2v) is 4.28. The van der Waals surface area contributed by atoms with Gasteiger partial charge in [0.05, 0.1) is 7.11 Å². The third-order valence-corrected chi connectivity index (χ3v) is 3.06. The SMILES string of the molecule is COc1ccc(Sc2nccc(=O)[nH]2)c(N)c1. The van der Waals surface area contributed by atoms with Crippen LogP contribution in [0, 0.1) is 0 Å². The molecular weight excluding hydrogens is 238 g/mol. The molecule has 0 aliphatic heterocycles. The molecule has 0 saturated heterocycles. The molecule has 5 nitrogen and oxygen atoms in total. The number of nitrogen functional groups attached to an aromatic ring is 1. The zero-order chi connectivity index (χ0) is 12.3. The van der Waals surface area contributed by atoms with Crippen LogP contribution in [-0.2, 0) is 0 Å². The van der Waals surface area contributed by atoms with Crippen LogP contribution in [0.15, 0.2) is 45.3 Å². The minimum Gasteiger partial charge on any atom is -0.497 e. The highest BCUT2D eigenvalue weighted by atomic mass is 32.2. The number of rotatable bonds is 3. The quantitative estimate of drug-likeness (QED) is 0.636. The lowest BCUT2D eigenvalue weighted by atomic mass is 10.3. The fourth-order valence-electron chi connectivity index (χ4n) is 1.25. The monoisotopic (exact) mass is 249 g/mol. The van der Waals surface area contributed by atoms with Gasteiger partial charge in [-0.15, -0.1) is 0 Å². The number of methoxy groups -OCH3 is 1. The van der Waals surface area contributed by atoms with Crippen LogP contribution >= 0.6 is 11.8 Å². The lowest BCUT2D eigenvalue weighted by molar-refractivity contribution is 0.415. The first kappa shape index (κ1) is 11.5. The summed E-state index contributed by atoms with van der Waals surface area (Å²) in [7, 11) is 1.58. The van der Waals surface area contributed by atoms with E-state index in [2.05, 4.69) is 9.97 Å². The number of nitrogens with zero attached hydrogens (tertiary/aromatic N) is 1. The first-order valence-corrected chi connectivity index (χ1v) is 5.67. The van der Waals surface area contributed by atoms with Crippen LogP contribution in [-0.4, -0.2) is 17.1 Å². The fourth-order valence-corrected chi connectivity index (χ4v) is 2.04. The maximum atomic E-state index is 11.1. The Bertz CT molecular complexity index is 583. The van der Waals surface area contributed by atoms with Crippen LogP contribution in [0.3, 0.4) is 0 Å². The molecule has 88 valence electrons. The number of ether oxygens (including phenoxy) is 1. The van der Waals surface area contributed by atoms with Crippen molar-refractivity contribution in [1.29, 1.82) is 0 Å². The molecule has 1 heterocycles. The molecule has 0 atom stereocenters. The van der Waals surface area contributed by atoms with Gasteiger partial charge in [-0.05, 0) is 23.9 Å². The third kappa shape index (κ3) is 2.79. The molecule has 3 N–H and O–H groups in total. The first-order valence-electron chi connectivity index (χ1n) is 4.86. The van der Waals surface area contributed by atoms with Crippen molar-refractivity contribution >= 4 is 17.4 Å². The van der Waals surface area contributed by atoms with Crippen molar-refractivity contribution in [2.45, 2.75) is 10.1 Å². The zero-order valence-corrected chi connectivity index (χ0v) is 9.95. The Morgan fingerprint density at radius 2 is 2.24 bits per heavy atom. The van der Waals surface area contributed by atoms with Gasteiger partial charge in [0.2, 0.25) is 0 Å². The second-order valence-electron chi connectivity index (χ2n) is 3.25. The molecule has 0 fully saturated rings. The van der Waals surface area contributed by atoms with E-state index in [-0.39, 0.29) is 5.56 Å². The van der Waals surface area contributed by atoms with E-state index < -0.39 is 0 Å². The summed E-state index contributed by atoms with van der Waals surface area (Å²) < 4.78 is 5.06. The smallest absolute Gasteiger partial charge is 0.251 e. The van der Waals surface area contributed by atoms with Gasteiger partial charge in [0, 0.05) is 28.9 Å². The lowest BCUT2D eigenvalue weighted by Crippen LogP contribution is -2.05. The van der Waals surface area contributed by atoms with Gasteiger partial charge in [-0.1, -0.05) is 0 Å². The van der Waals surface area contributed by atoms with Gasteiger partial charge in [0.25, 0.3) is 5.56 Å². The fraction of sp³-hybridized carbons (Fsp3) is 0.0909. The molecule has 1 aromatic carbocycles. The predicted molar refractivity (Wildman–Crippen MR) is 66.4 cm³/mol. The predicted octanol–water partition coefficient (Wildman–Crippen LogP) is 1.51. The average molecular weight is 249 g/mol. The van der Waals surface area contributed by atoms with Gasteiger partial charge >= 0.3 is 0 Å². The van der Waals surface area contributed by atoms with Crippen LogP contribution in [0.4, 0.5) is 5.69 Å². The van der Waals surface area contributed by atoms with Gasteiger partial charge in [0.1, 0.15) is 5.75 Å². The van der Waals surface area contributed by atoms with Gasteiger partial charge in [0.15, 0.2) is 5.16 Å². The van der Waals surface area contributed by atoms with E-state index in [0.717, 1.165) is 4.90 Å². The summed E-state index contributed by atoms with van der Waals surface area (Å²) in [5, 5.41) is 0.509. The molecule has 0 spiro atoms. The van der Waals surface area contributed by atoms with Crippen LogP contribution in [0.2, 0.25) is 0 Å². The Morgan fingerprint density at radius 1 is 1.41 bits per heavy atom. The van der Waals surface area contributed by atoms with Gasteiger partial charge in [-0.25, -0.2) is 4.98 Å². The molecule has 2 aromatic rings. The number of hydrogen-bond donors (Lipinski definition) is 2. The minimum atomic E-state index is -0.186. The number of hydrogen-bond acceptors (Lipinski definition) is 5. The van der Waals surface area contributed by atoms with E-state index in [1.165, 1.54) is 24.0 Å². The number of H-pyrrole nitrogens is 1. The Kier molecular flexibility index (Phi) is 3.34. The minimum absolute atomic E-state index is 0.186. The highest BCUT2D eigenvalue weighted by molar-refractivity contribution is 7.99. The highest BCUT2D eigenvalue weighted by Gasteiger charge is 2.05. The molecule has 0 aliphatic carbocycles. The maximum absolute atomic E-state index is 11.1. The van der Waals surface area contributed by atoms with Crippen LogP contribution in [0.25, 0.3) is 0 Å². The van der Waals surface area contributed by atoms with Crippen molar-refractivity contribution in [3.8, 4) is 5.75 Å². The van der Waals surface area contributed by atoms with E-state index in [4.69, 9.17) is 10.5 Å². The lowest BCUT2D eigenvalue weighted by Gasteiger charge is -2.06. The number of benzene rings is 1. The standard InChI is InChI=1S/C11H11N3O2S/c1-16-7-2-3-9(8(12)6-7)17-11-13-5-4-10(15)14-11/h2-6H,12H2,1H3,(H,13,14,15). The number of nitrogens with one attached hydrogen (secondary N) is 1. The first-order chi connectivity index (χ1) is 8.19. The number of anilines is 1. The zero-order valence-electron chi connectivity index (χ0n) is 9.14. The van der Waals surface area contributed by atoms with Gasteiger partial charge in [-0.2, -0.15) is 0 Å². The molecule has 6 heteroatoms. The topological polar surface area (TPSA) is 81.0 Å². The molecule has 0 amide bonds. The molecular formula is C11H11N3O2S. The summed E-state index contributed by atoms with van der Waals surface area (Å²) in [6.07, 6.45) is 1.46. The molecule has 0 unspecified atom stereocenters. The largest absolute Gasteiger partial charge is 0.497 e. The van der Waals surface area contributed by atoms with Crippen LogP contribution in [0.1, 0.15) is 0 Å². The maximum Gasteiger partial charge on any atom is 0.251 e. The molecule has 2 rings (SSSR count). The van der Waals surface area contributed by atoms with E-state index in [0.29, 0.717) is 16.6 Å². The molecule has 0 bridgehead atoms. The van der Waals surface area contributed by atoms with E-state index in [1.54, 1.807) is 19.2 Å². The summed E-state index contributed by atoms with van der Waals surface area (Å²) in [5.74, 6) is 0.696. The molecule has 0 aliphatic rings. The Labute approximate surface area is 102 Å². The summed E-state index contributed by atoms with van der Waals surface area (Å²) in [6, 6.07) is 6.72. The summed E-state index contributed by atoms with van der Waals surface area (Å²) in [6.45, 7) is 0. The summed E-state index contributed by atoms with van der Waals surface area (Å²) >= 11 is 1.30. The Balaban J connectivity index is 2.27. The Hall–Kier alpha value is -1.95. The third-order valence-electron chi connectivity index (χ3n) is 2.07. The van der Waals surface area contributed by atoms with Crippen LogP contribution in [0.5, 0.6) is 5.75 Å². The molecule has 17 heavy (non-hydrogen) atoms. The molecule has 1 aromatic heterocycles. The van der Waals surface area contributed by atoms with Crippen molar-refractivity contribution in [2.24, 2.45) is 0 Å². The summed E-state index contributed by atoms with van der Waals surface area (Å²) in [4.78, 5) is 18.6. The average Bonchev–Trinajstić information content (AvgIpc) is 2.32. The number of aromatic amines is 1. The van der Waals surface area contributed by atoms with Gasteiger partial charge < -0.3 is 15.5 Å². The normalized spacial score (nSPS) is 10.2. The van der Waals surface area contributed by atoms with Gasteiger partial charge in [-0.3, -0.25) is 4.79 Å².